The van der Waals surface area contributed by atoms with E-state index >= 15 is 0 Å². The van der Waals surface area contributed by atoms with E-state index in [4.69, 9.17) is 34.3 Å². The highest BCUT2D eigenvalue weighted by Gasteiger charge is 2.13. The van der Waals surface area contributed by atoms with Crippen LogP contribution in [0.15, 0.2) is 164 Å². The second kappa shape index (κ2) is 47.3. The summed E-state index contributed by atoms with van der Waals surface area (Å²) in [4.78, 5) is 70.6. The molecule has 0 spiro atoms. The van der Waals surface area contributed by atoms with Crippen LogP contribution in [0.25, 0.3) is 33.4 Å². The molecule has 424 valence electrons. The van der Waals surface area contributed by atoms with Crippen molar-refractivity contribution in [3.8, 4) is 33.4 Å². The Morgan fingerprint density at radius 3 is 1.03 bits per heavy atom. The van der Waals surface area contributed by atoms with Gasteiger partial charge >= 0.3 is 17.9 Å². The fourth-order valence-corrected chi connectivity index (χ4v) is 6.66. The molecule has 0 saturated heterocycles. The topological polar surface area (TPSA) is 178 Å². The molecule has 6 aromatic rings. The van der Waals surface area contributed by atoms with Crippen molar-refractivity contribution in [3.63, 3.8) is 0 Å². The quantitative estimate of drug-likeness (QED) is 0.0194. The molecule has 13 heteroatoms. The predicted molar refractivity (Wildman–Crippen MR) is 319 cm³/mol. The summed E-state index contributed by atoms with van der Waals surface area (Å²) in [5.74, 6) is -1.13. The Bertz CT molecular complexity index is 2440. The number of hydrogen-bond acceptors (Lipinski definition) is 11. The Morgan fingerprint density at radius 2 is 0.769 bits per heavy atom. The van der Waals surface area contributed by atoms with Crippen molar-refractivity contribution in [3.05, 3.63) is 180 Å². The molecule has 0 unspecified atom stereocenters. The number of Topliss-reactive ketones (excluding diaryl/α,β-unsaturated/α-hetero) is 3. The van der Waals surface area contributed by atoms with E-state index in [1.807, 2.05) is 153 Å². The molecule has 78 heavy (non-hydrogen) atoms. The van der Waals surface area contributed by atoms with Crippen molar-refractivity contribution in [2.24, 2.45) is 0 Å². The highest BCUT2D eigenvalue weighted by molar-refractivity contribution is 7.78. The van der Waals surface area contributed by atoms with E-state index in [0.717, 1.165) is 59.1 Å². The maximum Gasteiger partial charge on any atom is 0.306 e. The Hall–Kier alpha value is -6.96. The summed E-state index contributed by atoms with van der Waals surface area (Å²) in [5.41, 5.74) is 12.0. The SMILES string of the molecule is C.C.CCCO.CCCOC(=O)CCC(=O)c1ccc(-c2ccccc2)cc1.O=C(CCC(=O)c1ccc(-c2ccccc2)cc1)OCCCC=S.[2H]CC.[3H]C.[Cl-].[NH3+]CCOC(=O)CCC(=O)c1ccc(-c2ccccc2)cc1. The highest BCUT2D eigenvalue weighted by Crippen LogP contribution is 2.22. The molecule has 0 aliphatic heterocycles. The summed E-state index contributed by atoms with van der Waals surface area (Å²) >= 11 is 4.70. The minimum atomic E-state index is -0.349. The zero-order valence-electron chi connectivity index (χ0n) is 46.6. The smallest absolute Gasteiger partial charge is 0.306 e. The standard InChI is InChI=1S/C20H20O3S.C19H20O3.C18H19NO3.C3H8O.C2H6.3CH4.ClH/c21-19(12-13-20(22)23-14-4-5-15-24)18-10-8-17(9-11-18)16-6-2-1-3-7-16;1-2-14-22-19(21)13-12-18(20)17-10-8-16(9-11-17)15-6-4-3-5-7-15;19-12-13-22-18(21)11-10-17(20)16-8-6-15(7-9-16)14-4-2-1-3-5-14;1-2-3-4;1-2;;;;/h1-3,6-11,15H,4-5,12-14H2;3-11H,2,12-14H2,1H3;1-9H,10-13,19H2;4H,2-3H2,1H3;1-2H3;3*1H4;1H/i;;;;1D;1T;;;. The van der Waals surface area contributed by atoms with Gasteiger partial charge in [-0.15, -0.1) is 0 Å². The lowest BCUT2D eigenvalue weighted by Gasteiger charge is -2.05. The number of quaternary nitrogens is 1. The van der Waals surface area contributed by atoms with Gasteiger partial charge in [0.05, 0.1) is 32.5 Å². The van der Waals surface area contributed by atoms with Crippen LogP contribution in [0.2, 0.25) is 0 Å². The van der Waals surface area contributed by atoms with Gasteiger partial charge < -0.3 is 37.5 Å². The lowest BCUT2D eigenvalue weighted by molar-refractivity contribution is -0.372. The van der Waals surface area contributed by atoms with E-state index < -0.39 is 0 Å². The van der Waals surface area contributed by atoms with Crippen LogP contribution >= 0.6 is 12.2 Å². The van der Waals surface area contributed by atoms with Crippen molar-refractivity contribution >= 4 is 52.8 Å². The van der Waals surface area contributed by atoms with E-state index in [-0.39, 0.29) is 101 Å². The molecule has 0 amide bonds. The number of aliphatic hydroxyl groups excluding tert-OH is 1. The zero-order valence-corrected chi connectivity index (χ0v) is 46.2. The third kappa shape index (κ3) is 31.3. The maximum atomic E-state index is 12.1. The average molecular weight is 1110 g/mol. The number of ketones is 3. The minimum Gasteiger partial charge on any atom is -1.00 e. The number of benzene rings is 6. The number of hydrogen-bond donors (Lipinski definition) is 2. The first-order valence-electron chi connectivity index (χ1n) is 26.8. The number of carbonyl (C=O) groups excluding carboxylic acids is 6. The molecule has 0 radical (unpaired) electrons. The summed E-state index contributed by atoms with van der Waals surface area (Å²) in [5, 5.41) is 9.50. The molecule has 0 atom stereocenters. The minimum absolute atomic E-state index is 0. The van der Waals surface area contributed by atoms with Crippen LogP contribution in [0.5, 0.6) is 0 Å². The molecule has 0 fully saturated rings. The summed E-state index contributed by atoms with van der Waals surface area (Å²) in [6.45, 7) is 8.09. The molecule has 0 aliphatic carbocycles. The monoisotopic (exact) mass is 1110 g/mol. The van der Waals surface area contributed by atoms with Gasteiger partial charge in [0, 0.05) is 45.3 Å². The van der Waals surface area contributed by atoms with E-state index in [1.54, 1.807) is 36.6 Å². The number of carbonyl (C=O) groups is 6. The van der Waals surface area contributed by atoms with Gasteiger partial charge in [-0.05, 0) is 64.4 Å². The Balaban J connectivity index is -0.00000101. The number of aliphatic hydroxyl groups is 1. The van der Waals surface area contributed by atoms with Crippen LogP contribution < -0.4 is 18.1 Å². The predicted octanol–water partition coefficient (Wildman–Crippen LogP) is 11.3. The third-order valence-corrected chi connectivity index (χ3v) is 10.7. The maximum absolute atomic E-state index is 12.1. The van der Waals surface area contributed by atoms with Gasteiger partial charge in [0.25, 0.3) is 0 Å². The van der Waals surface area contributed by atoms with E-state index in [2.05, 4.69) is 5.73 Å². The molecule has 0 aliphatic rings. The highest BCUT2D eigenvalue weighted by atomic mass is 35.5. The lowest BCUT2D eigenvalue weighted by Crippen LogP contribution is -3.00. The summed E-state index contributed by atoms with van der Waals surface area (Å²) in [7, 11) is 1.25. The van der Waals surface area contributed by atoms with Gasteiger partial charge in [0.1, 0.15) is 13.2 Å². The molecule has 11 nitrogen and oxygen atoms in total. The Labute approximate surface area is 480 Å². The molecule has 0 saturated carbocycles. The first-order valence-corrected chi connectivity index (χ1v) is 25.6. The van der Waals surface area contributed by atoms with Gasteiger partial charge in [-0.1, -0.05) is 226 Å². The van der Waals surface area contributed by atoms with Gasteiger partial charge in [-0.2, -0.15) is 0 Å². The van der Waals surface area contributed by atoms with Gasteiger partial charge in [0.2, 0.25) is 0 Å². The first-order chi connectivity index (χ1) is 37.4. The number of esters is 3. The van der Waals surface area contributed by atoms with Crippen molar-refractivity contribution in [1.29, 1.82) is 0 Å². The van der Waals surface area contributed by atoms with Crippen molar-refractivity contribution in [2.45, 2.75) is 114 Å². The van der Waals surface area contributed by atoms with Crippen LogP contribution in [-0.4, -0.2) is 78.7 Å². The fraction of sp³-hybridized carbons (Fsp3) is 0.338. The van der Waals surface area contributed by atoms with Crippen LogP contribution in [0, 0.1) is 0 Å². The largest absolute Gasteiger partial charge is 1.00 e. The van der Waals surface area contributed by atoms with Crippen molar-refractivity contribution in [1.82, 2.24) is 0 Å². The lowest BCUT2D eigenvalue weighted by atomic mass is 10.0. The number of rotatable bonds is 24. The second-order valence-corrected chi connectivity index (χ2v) is 16.5. The molecule has 0 bridgehead atoms. The van der Waals surface area contributed by atoms with Crippen molar-refractivity contribution in [2.75, 3.05) is 33.0 Å². The van der Waals surface area contributed by atoms with Crippen LogP contribution in [0.4, 0.5) is 0 Å². The van der Waals surface area contributed by atoms with Crippen molar-refractivity contribution < 1.29 is 69.0 Å². The molecule has 6 aromatic carbocycles. The summed E-state index contributed by atoms with van der Waals surface area (Å²) in [6.07, 6.45) is 4.01. The van der Waals surface area contributed by atoms with E-state index in [0.29, 0.717) is 56.6 Å². The van der Waals surface area contributed by atoms with Gasteiger partial charge in [-0.3, -0.25) is 28.8 Å². The molecular weight excluding hydrogens is 1020 g/mol. The average Bonchev–Trinajstić information content (AvgIpc) is 3.49. The number of thiocarbonyl (C=S) groups is 1. The van der Waals surface area contributed by atoms with E-state index in [1.165, 1.54) is 7.40 Å². The van der Waals surface area contributed by atoms with Gasteiger partial charge in [-0.25, -0.2) is 0 Å². The number of ether oxygens (including phenoxy) is 3. The molecule has 4 N–H and O–H groups in total. The molecule has 0 aromatic heterocycles. The zero-order chi connectivity index (χ0) is 56.9. The van der Waals surface area contributed by atoms with Crippen LogP contribution in [-0.2, 0) is 28.6 Å². The normalized spacial score (nSPS) is 9.62. The van der Waals surface area contributed by atoms with Crippen LogP contribution in [0.3, 0.4) is 0 Å². The Morgan fingerprint density at radius 1 is 0.500 bits per heavy atom. The van der Waals surface area contributed by atoms with Crippen LogP contribution in [0.1, 0.15) is 148 Å². The van der Waals surface area contributed by atoms with Gasteiger partial charge in [0.15, 0.2) is 17.3 Å². The molecule has 6 rings (SSSR count). The third-order valence-electron chi connectivity index (χ3n) is 10.4. The first kappa shape index (κ1) is 71.0. The fourth-order valence-electron chi connectivity index (χ4n) is 6.49. The van der Waals surface area contributed by atoms with E-state index in [9.17, 15) is 28.8 Å². The second-order valence-electron chi connectivity index (χ2n) is 16.1. The Kier molecular flexibility index (Phi) is 43.1. The number of halogens is 1. The number of unbranched alkanes of at least 4 members (excludes halogenated alkanes) is 1. The molecular formula is C65H86ClNO10S. The summed E-state index contributed by atoms with van der Waals surface area (Å²) in [6, 6.07) is 52.3. The summed E-state index contributed by atoms with van der Waals surface area (Å²) < 4.78 is 26.9. The molecule has 0 heterocycles.